The monoisotopic (exact) mass is 368 g/mol. The van der Waals surface area contributed by atoms with Crippen molar-refractivity contribution >= 4 is 11.7 Å². The number of hydrogen-bond acceptors (Lipinski definition) is 6. The highest BCUT2D eigenvalue weighted by molar-refractivity contribution is 5.85. The number of aromatic nitrogens is 4. The molecule has 0 aliphatic carbocycles. The summed E-state index contributed by atoms with van der Waals surface area (Å²) in [6.45, 7) is 10.6. The molecule has 3 aromatic rings. The smallest absolute Gasteiger partial charge is 0.378 e. The third kappa shape index (κ3) is 4.42. The molecule has 0 atom stereocenters. The van der Waals surface area contributed by atoms with Crippen molar-refractivity contribution in [1.82, 2.24) is 19.6 Å². The van der Waals surface area contributed by atoms with Crippen molar-refractivity contribution in [2.75, 3.05) is 13.2 Å². The van der Waals surface area contributed by atoms with Crippen LogP contribution in [0, 0.1) is 13.8 Å². The second-order valence-electron chi connectivity index (χ2n) is 7.44. The molecule has 7 heteroatoms. The molecule has 7 nitrogen and oxygen atoms in total. The Morgan fingerprint density at radius 2 is 1.78 bits per heavy atom. The van der Waals surface area contributed by atoms with E-state index in [4.69, 9.17) is 9.47 Å². The minimum absolute atomic E-state index is 0.00858. The Morgan fingerprint density at radius 1 is 1.07 bits per heavy atom. The van der Waals surface area contributed by atoms with Crippen LogP contribution in [-0.4, -0.2) is 38.8 Å². The molecule has 27 heavy (non-hydrogen) atoms. The molecule has 0 amide bonds. The summed E-state index contributed by atoms with van der Waals surface area (Å²) in [6, 6.07) is 9.79. The first-order valence-electron chi connectivity index (χ1n) is 8.85. The molecule has 0 unspecified atom stereocenters. The maximum Gasteiger partial charge on any atom is 0.378 e. The molecular formula is C20H24N4O3. The van der Waals surface area contributed by atoms with Crippen molar-refractivity contribution in [2.45, 2.75) is 40.0 Å². The number of esters is 1. The molecule has 1 aromatic carbocycles. The van der Waals surface area contributed by atoms with E-state index < -0.39 is 5.97 Å². The Morgan fingerprint density at radius 3 is 2.44 bits per heavy atom. The Labute approximate surface area is 158 Å². The number of benzene rings is 1. The molecule has 0 aliphatic rings. The van der Waals surface area contributed by atoms with E-state index in [-0.39, 0.29) is 24.5 Å². The summed E-state index contributed by atoms with van der Waals surface area (Å²) in [5.74, 6) is 0.518. The van der Waals surface area contributed by atoms with E-state index in [0.29, 0.717) is 5.78 Å². The van der Waals surface area contributed by atoms with Gasteiger partial charge in [0.1, 0.15) is 19.0 Å². The van der Waals surface area contributed by atoms with Crippen LogP contribution in [0.1, 0.15) is 48.3 Å². The van der Waals surface area contributed by atoms with Gasteiger partial charge in [-0.25, -0.2) is 14.3 Å². The number of nitrogens with zero attached hydrogens (tertiary/aromatic N) is 4. The summed E-state index contributed by atoms with van der Waals surface area (Å²) in [5, 5.41) is 4.15. The molecule has 0 spiro atoms. The average Bonchev–Trinajstić information content (AvgIpc) is 3.02. The highest BCUT2D eigenvalue weighted by Crippen LogP contribution is 2.24. The second kappa shape index (κ2) is 7.34. The first-order valence-corrected chi connectivity index (χ1v) is 8.85. The highest BCUT2D eigenvalue weighted by Gasteiger charge is 2.16. The van der Waals surface area contributed by atoms with E-state index >= 15 is 0 Å². The third-order valence-corrected chi connectivity index (χ3v) is 4.11. The lowest BCUT2D eigenvalue weighted by molar-refractivity contribution is 0.0436. The molecule has 0 aliphatic heterocycles. The van der Waals surface area contributed by atoms with Crippen LogP contribution in [0.2, 0.25) is 0 Å². The number of carbonyl (C=O) groups is 1. The fourth-order valence-corrected chi connectivity index (χ4v) is 2.66. The highest BCUT2D eigenvalue weighted by atomic mass is 16.6. The molecule has 2 heterocycles. The van der Waals surface area contributed by atoms with E-state index in [1.165, 1.54) is 10.1 Å². The van der Waals surface area contributed by atoms with E-state index in [1.807, 2.05) is 44.2 Å². The van der Waals surface area contributed by atoms with Crippen LogP contribution < -0.4 is 4.74 Å². The SMILES string of the molecule is Cc1cc(C)n2nc(C(=O)OCCOc3ccc(C(C)(C)C)cc3)nc2n1. The summed E-state index contributed by atoms with van der Waals surface area (Å²) in [4.78, 5) is 20.5. The fourth-order valence-electron chi connectivity index (χ4n) is 2.66. The number of aryl methyl sites for hydroxylation is 2. The van der Waals surface area contributed by atoms with Gasteiger partial charge in [0, 0.05) is 11.4 Å². The standard InChI is InChI=1S/C20H24N4O3/c1-13-12-14(2)24-19(21-13)22-17(23-24)18(25)27-11-10-26-16-8-6-15(7-9-16)20(3,4)5/h6-9,12H,10-11H2,1-5H3. The van der Waals surface area contributed by atoms with Crippen molar-refractivity contribution in [2.24, 2.45) is 0 Å². The largest absolute Gasteiger partial charge is 0.490 e. The number of rotatable bonds is 5. The van der Waals surface area contributed by atoms with Crippen LogP contribution in [0.4, 0.5) is 0 Å². The van der Waals surface area contributed by atoms with Gasteiger partial charge < -0.3 is 9.47 Å². The van der Waals surface area contributed by atoms with E-state index in [1.54, 1.807) is 0 Å². The summed E-state index contributed by atoms with van der Waals surface area (Å²) < 4.78 is 12.3. The van der Waals surface area contributed by atoms with E-state index in [2.05, 4.69) is 35.8 Å². The number of ether oxygens (including phenoxy) is 2. The maximum absolute atomic E-state index is 12.1. The summed E-state index contributed by atoms with van der Waals surface area (Å²) in [7, 11) is 0. The zero-order valence-corrected chi connectivity index (χ0v) is 16.3. The molecule has 0 fully saturated rings. The summed E-state index contributed by atoms with van der Waals surface area (Å²) in [5.41, 5.74) is 3.00. The first kappa shape index (κ1) is 18.8. The van der Waals surface area contributed by atoms with Gasteiger partial charge in [-0.15, -0.1) is 5.10 Å². The zero-order valence-electron chi connectivity index (χ0n) is 16.3. The Hall–Kier alpha value is -2.96. The molecule has 0 bridgehead atoms. The van der Waals surface area contributed by atoms with E-state index in [9.17, 15) is 4.79 Å². The lowest BCUT2D eigenvalue weighted by Crippen LogP contribution is -2.14. The zero-order chi connectivity index (χ0) is 19.6. The minimum Gasteiger partial charge on any atom is -0.490 e. The maximum atomic E-state index is 12.1. The molecular weight excluding hydrogens is 344 g/mol. The normalized spacial score (nSPS) is 11.6. The van der Waals surface area contributed by atoms with Crippen molar-refractivity contribution in [3.63, 3.8) is 0 Å². The Balaban J connectivity index is 1.53. The molecule has 3 rings (SSSR count). The van der Waals surface area contributed by atoms with Gasteiger partial charge in [-0.3, -0.25) is 0 Å². The van der Waals surface area contributed by atoms with Gasteiger partial charge in [0.15, 0.2) is 0 Å². The molecule has 0 radical (unpaired) electrons. The van der Waals surface area contributed by atoms with Gasteiger partial charge in [-0.1, -0.05) is 32.9 Å². The van der Waals surface area contributed by atoms with Crippen molar-refractivity contribution in [3.8, 4) is 5.75 Å². The lowest BCUT2D eigenvalue weighted by atomic mass is 9.87. The van der Waals surface area contributed by atoms with Gasteiger partial charge in [0.2, 0.25) is 0 Å². The minimum atomic E-state index is -0.593. The Kier molecular flexibility index (Phi) is 5.12. The van der Waals surface area contributed by atoms with Gasteiger partial charge in [-0.05, 0) is 43.0 Å². The molecule has 142 valence electrons. The van der Waals surface area contributed by atoms with Gasteiger partial charge in [-0.2, -0.15) is 4.98 Å². The van der Waals surface area contributed by atoms with Crippen LogP contribution in [0.3, 0.4) is 0 Å². The lowest BCUT2D eigenvalue weighted by Gasteiger charge is -2.19. The predicted octanol–water partition coefficient (Wildman–Crippen LogP) is 3.27. The summed E-state index contributed by atoms with van der Waals surface area (Å²) in [6.07, 6.45) is 0. The number of carbonyl (C=O) groups excluding carboxylic acids is 1. The van der Waals surface area contributed by atoms with Crippen LogP contribution in [0.5, 0.6) is 5.75 Å². The third-order valence-electron chi connectivity index (χ3n) is 4.11. The van der Waals surface area contributed by atoms with Crippen molar-refractivity contribution < 1.29 is 14.3 Å². The molecule has 0 saturated heterocycles. The van der Waals surface area contributed by atoms with Crippen LogP contribution in [0.15, 0.2) is 30.3 Å². The quantitative estimate of drug-likeness (QED) is 0.508. The van der Waals surface area contributed by atoms with Gasteiger partial charge in [0.05, 0.1) is 0 Å². The average molecular weight is 368 g/mol. The first-order chi connectivity index (χ1) is 12.7. The van der Waals surface area contributed by atoms with E-state index in [0.717, 1.165) is 17.1 Å². The number of fused-ring (bicyclic) bond motifs is 1. The van der Waals surface area contributed by atoms with Crippen LogP contribution >= 0.6 is 0 Å². The summed E-state index contributed by atoms with van der Waals surface area (Å²) >= 11 is 0. The van der Waals surface area contributed by atoms with Gasteiger partial charge in [0.25, 0.3) is 11.6 Å². The van der Waals surface area contributed by atoms with Crippen molar-refractivity contribution in [1.29, 1.82) is 0 Å². The van der Waals surface area contributed by atoms with Crippen LogP contribution in [-0.2, 0) is 10.2 Å². The number of hydrogen-bond donors (Lipinski definition) is 0. The van der Waals surface area contributed by atoms with Crippen LogP contribution in [0.25, 0.3) is 5.78 Å². The second-order valence-corrected chi connectivity index (χ2v) is 7.44. The topological polar surface area (TPSA) is 78.6 Å². The molecule has 0 N–H and O–H groups in total. The van der Waals surface area contributed by atoms with Crippen molar-refractivity contribution in [3.05, 3.63) is 53.1 Å². The predicted molar refractivity (Wildman–Crippen MR) is 101 cm³/mol. The van der Waals surface area contributed by atoms with Gasteiger partial charge >= 0.3 is 5.97 Å². The molecule has 0 saturated carbocycles. The fraction of sp³-hybridized carbons (Fsp3) is 0.400. The molecule has 2 aromatic heterocycles. The Bertz CT molecular complexity index is 956.